The normalized spacial score (nSPS) is 11.9. The van der Waals surface area contributed by atoms with Gasteiger partial charge in [-0.15, -0.1) is 0 Å². The van der Waals surface area contributed by atoms with E-state index >= 15 is 0 Å². The largest absolute Gasteiger partial charge is 0.507 e. The Morgan fingerprint density at radius 2 is 1.95 bits per heavy atom. The minimum Gasteiger partial charge on any atom is -0.507 e. The molecule has 0 bridgehead atoms. The molecule has 21 heavy (non-hydrogen) atoms. The molecule has 1 amide bonds. The number of hydrogen-bond acceptors (Lipinski definition) is 5. The van der Waals surface area contributed by atoms with E-state index in [1.165, 1.54) is 12.4 Å². The summed E-state index contributed by atoms with van der Waals surface area (Å²) < 4.78 is 0. The molecule has 0 aliphatic heterocycles. The van der Waals surface area contributed by atoms with Gasteiger partial charge in [-0.1, -0.05) is 12.7 Å². The molecular weight excluding hydrogens is 274 g/mol. The number of hydrogen-bond donors (Lipinski definition) is 3. The van der Waals surface area contributed by atoms with Gasteiger partial charge in [-0.3, -0.25) is 9.59 Å². The number of carboxylic acid groups (broad SMARTS) is 1. The van der Waals surface area contributed by atoms with Crippen LogP contribution in [0.1, 0.15) is 12.5 Å². The summed E-state index contributed by atoms with van der Waals surface area (Å²) >= 11 is 0. The number of carboxylic acids is 1. The molecule has 0 spiro atoms. The molecule has 1 aromatic heterocycles. The van der Waals surface area contributed by atoms with Gasteiger partial charge in [0.25, 0.3) is 5.91 Å². The van der Waals surface area contributed by atoms with E-state index in [1.807, 2.05) is 0 Å². The third-order valence-corrected chi connectivity index (χ3v) is 2.48. The van der Waals surface area contributed by atoms with Crippen molar-refractivity contribution in [3.05, 3.63) is 54.3 Å². The lowest BCUT2D eigenvalue weighted by atomic mass is 10.1. The molecular formula is C14H15N3O4. The second-order valence-electron chi connectivity index (χ2n) is 3.96. The summed E-state index contributed by atoms with van der Waals surface area (Å²) in [5, 5.41) is 20.5. The van der Waals surface area contributed by atoms with Crippen LogP contribution < -0.4 is 5.32 Å². The number of nitrogens with one attached hydrogen (secondary N) is 1. The topological polar surface area (TPSA) is 112 Å². The Balaban J connectivity index is 2.85. The molecule has 1 rings (SSSR count). The molecule has 0 saturated carbocycles. The van der Waals surface area contributed by atoms with Gasteiger partial charge in [0.1, 0.15) is 18.6 Å². The fourth-order valence-electron chi connectivity index (χ4n) is 1.39. The van der Waals surface area contributed by atoms with Gasteiger partial charge in [0.2, 0.25) is 0 Å². The molecule has 0 atom stereocenters. The van der Waals surface area contributed by atoms with Crippen molar-refractivity contribution in [2.24, 2.45) is 0 Å². The zero-order valence-electron chi connectivity index (χ0n) is 11.4. The van der Waals surface area contributed by atoms with Crippen LogP contribution in [0.2, 0.25) is 0 Å². The number of aliphatic hydroxyl groups excluding tert-OH is 1. The second kappa shape index (κ2) is 7.59. The third-order valence-electron chi connectivity index (χ3n) is 2.48. The summed E-state index contributed by atoms with van der Waals surface area (Å²) in [5.74, 6) is -2.31. The van der Waals surface area contributed by atoms with Gasteiger partial charge in [-0.25, -0.2) is 9.97 Å². The quantitative estimate of drug-likeness (QED) is 0.410. The van der Waals surface area contributed by atoms with Crippen LogP contribution in [-0.2, 0) is 9.59 Å². The maximum atomic E-state index is 11.6. The maximum Gasteiger partial charge on any atom is 0.322 e. The van der Waals surface area contributed by atoms with Crippen LogP contribution in [0.5, 0.6) is 0 Å². The molecule has 0 aromatic carbocycles. The fraction of sp³-hybridized carbons (Fsp3) is 0.143. The average Bonchev–Trinajstić information content (AvgIpc) is 2.49. The van der Waals surface area contributed by atoms with Crippen molar-refractivity contribution in [2.45, 2.75) is 6.92 Å². The predicted molar refractivity (Wildman–Crippen MR) is 76.2 cm³/mol. The van der Waals surface area contributed by atoms with Crippen molar-refractivity contribution in [1.82, 2.24) is 15.3 Å². The summed E-state index contributed by atoms with van der Waals surface area (Å²) in [4.78, 5) is 29.7. The van der Waals surface area contributed by atoms with Gasteiger partial charge in [0.05, 0.1) is 5.57 Å². The number of amides is 1. The Bertz CT molecular complexity index is 606. The lowest BCUT2D eigenvalue weighted by Gasteiger charge is -2.06. The summed E-state index contributed by atoms with van der Waals surface area (Å²) in [6.45, 7) is 4.63. The standard InChI is InChI=1S/C14H15N3O4/c1-3-10(11-5-15-8-16-6-11)4-12(18)9(2)14(21)17-7-13(19)20/h3-6,8,18H,2,7H2,1H3,(H,17,21)(H,19,20)/b10-3+,12-4+. The number of nitrogens with zero attached hydrogens (tertiary/aromatic N) is 2. The number of rotatable bonds is 6. The zero-order valence-corrected chi connectivity index (χ0v) is 11.4. The number of carbonyl (C=O) groups is 2. The van der Waals surface area contributed by atoms with Crippen LogP contribution in [-0.4, -0.2) is 38.6 Å². The summed E-state index contributed by atoms with van der Waals surface area (Å²) in [7, 11) is 0. The van der Waals surface area contributed by atoms with Crippen molar-refractivity contribution in [3.63, 3.8) is 0 Å². The van der Waals surface area contributed by atoms with Crippen LogP contribution in [0.25, 0.3) is 5.57 Å². The first-order valence-corrected chi connectivity index (χ1v) is 5.97. The van der Waals surface area contributed by atoms with Crippen LogP contribution in [0.15, 0.2) is 48.8 Å². The van der Waals surface area contributed by atoms with E-state index < -0.39 is 18.4 Å². The van der Waals surface area contributed by atoms with Gasteiger partial charge in [0, 0.05) is 18.0 Å². The van der Waals surface area contributed by atoms with Crippen molar-refractivity contribution < 1.29 is 19.8 Å². The average molecular weight is 289 g/mol. The van der Waals surface area contributed by atoms with Crippen molar-refractivity contribution >= 4 is 17.4 Å². The molecule has 1 heterocycles. The lowest BCUT2D eigenvalue weighted by Crippen LogP contribution is -2.30. The van der Waals surface area contributed by atoms with E-state index in [9.17, 15) is 14.7 Å². The maximum absolute atomic E-state index is 11.6. The van der Waals surface area contributed by atoms with Crippen molar-refractivity contribution in [1.29, 1.82) is 0 Å². The van der Waals surface area contributed by atoms with Gasteiger partial charge < -0.3 is 15.5 Å². The monoisotopic (exact) mass is 289 g/mol. The predicted octanol–water partition coefficient (Wildman–Crippen LogP) is 1.08. The van der Waals surface area contributed by atoms with E-state index in [4.69, 9.17) is 5.11 Å². The minimum atomic E-state index is -1.19. The van der Waals surface area contributed by atoms with Gasteiger partial charge in [-0.05, 0) is 18.6 Å². The molecule has 0 unspecified atom stereocenters. The summed E-state index contributed by atoms with van der Waals surface area (Å²) in [5.41, 5.74) is 1.03. The fourth-order valence-corrected chi connectivity index (χ4v) is 1.39. The van der Waals surface area contributed by atoms with Crippen LogP contribution in [0.4, 0.5) is 0 Å². The van der Waals surface area contributed by atoms with Gasteiger partial charge >= 0.3 is 5.97 Å². The Kier molecular flexibility index (Phi) is 5.81. The molecule has 0 aliphatic carbocycles. The Labute approximate surface area is 121 Å². The first-order chi connectivity index (χ1) is 9.95. The Morgan fingerprint density at radius 3 is 2.48 bits per heavy atom. The highest BCUT2D eigenvalue weighted by atomic mass is 16.4. The summed E-state index contributed by atoms with van der Waals surface area (Å²) in [6, 6.07) is 0. The third kappa shape index (κ3) is 4.90. The molecule has 110 valence electrons. The molecule has 3 N–H and O–H groups in total. The molecule has 0 fully saturated rings. The smallest absolute Gasteiger partial charge is 0.322 e. The Morgan fingerprint density at radius 1 is 1.33 bits per heavy atom. The van der Waals surface area contributed by atoms with E-state index in [1.54, 1.807) is 25.4 Å². The van der Waals surface area contributed by atoms with E-state index in [0.717, 1.165) is 0 Å². The minimum absolute atomic E-state index is 0.229. The first-order valence-electron chi connectivity index (χ1n) is 5.97. The lowest BCUT2D eigenvalue weighted by molar-refractivity contribution is -0.137. The molecule has 7 heteroatoms. The van der Waals surface area contributed by atoms with E-state index in [2.05, 4.69) is 21.9 Å². The van der Waals surface area contributed by atoms with Gasteiger partial charge in [0.15, 0.2) is 0 Å². The molecule has 0 radical (unpaired) electrons. The summed E-state index contributed by atoms with van der Waals surface area (Å²) in [6.07, 6.45) is 7.52. The molecule has 7 nitrogen and oxygen atoms in total. The van der Waals surface area contributed by atoms with Crippen LogP contribution in [0.3, 0.4) is 0 Å². The second-order valence-corrected chi connectivity index (χ2v) is 3.96. The Hall–Kier alpha value is -2.96. The highest BCUT2D eigenvalue weighted by molar-refractivity contribution is 5.98. The SMILES string of the molecule is C=C(C(=O)NCC(=O)O)/C(O)=C\C(=C/C)c1cncnc1. The van der Waals surface area contributed by atoms with Crippen LogP contribution in [0, 0.1) is 0 Å². The molecule has 0 aliphatic rings. The highest BCUT2D eigenvalue weighted by Gasteiger charge is 2.13. The van der Waals surface area contributed by atoms with E-state index in [0.29, 0.717) is 11.1 Å². The van der Waals surface area contributed by atoms with Gasteiger partial charge in [-0.2, -0.15) is 0 Å². The number of allylic oxidation sites excluding steroid dienone is 3. The number of carbonyl (C=O) groups excluding carboxylic acids is 1. The number of aliphatic carboxylic acids is 1. The van der Waals surface area contributed by atoms with Crippen molar-refractivity contribution in [2.75, 3.05) is 6.54 Å². The first kappa shape index (κ1) is 16.1. The van der Waals surface area contributed by atoms with Crippen molar-refractivity contribution in [3.8, 4) is 0 Å². The highest BCUT2D eigenvalue weighted by Crippen LogP contribution is 2.17. The zero-order chi connectivity index (χ0) is 15.8. The number of aromatic nitrogens is 2. The molecule has 0 saturated heterocycles. The van der Waals surface area contributed by atoms with Crippen LogP contribution >= 0.6 is 0 Å². The molecule has 1 aromatic rings. The number of aliphatic hydroxyl groups is 1. The van der Waals surface area contributed by atoms with E-state index in [-0.39, 0.29) is 11.3 Å².